The standard InChI is InChI=1S/C25H28N4O6S2/c1-32-18-8-5-16(13-20(18)34-3)7-10-22(30)27-24-28-29-25(37-24)36-15-23(31)26-12-11-17-6-9-19(33-2)21(14-17)35-4/h5-10,13-14H,11-12,15H2,1-4H3,(H,26,31)(H,27,28,30)/b10-7+. The molecule has 10 nitrogen and oxygen atoms in total. The van der Waals surface area contributed by atoms with Crippen LogP contribution in [0, 0.1) is 0 Å². The Bertz CT molecular complexity index is 1250. The van der Waals surface area contributed by atoms with Crippen molar-refractivity contribution in [3.63, 3.8) is 0 Å². The van der Waals surface area contributed by atoms with Gasteiger partial charge in [0, 0.05) is 12.6 Å². The second-order valence-electron chi connectivity index (χ2n) is 7.39. The number of carbonyl (C=O) groups excluding carboxylic acids is 2. The molecule has 1 heterocycles. The highest BCUT2D eigenvalue weighted by atomic mass is 32.2. The molecule has 0 aliphatic rings. The molecule has 0 aliphatic heterocycles. The molecule has 2 amide bonds. The molecule has 0 radical (unpaired) electrons. The molecule has 2 N–H and O–H groups in total. The molecular weight excluding hydrogens is 516 g/mol. The number of hydrogen-bond acceptors (Lipinski definition) is 10. The summed E-state index contributed by atoms with van der Waals surface area (Å²) in [5.74, 6) is 2.20. The van der Waals surface area contributed by atoms with E-state index >= 15 is 0 Å². The number of ether oxygens (including phenoxy) is 4. The van der Waals surface area contributed by atoms with Crippen molar-refractivity contribution < 1.29 is 28.5 Å². The average Bonchev–Trinajstić information content (AvgIpc) is 3.37. The predicted molar refractivity (Wildman–Crippen MR) is 144 cm³/mol. The maximum absolute atomic E-state index is 12.2. The Hall–Kier alpha value is -3.77. The molecule has 2 aromatic carbocycles. The molecule has 37 heavy (non-hydrogen) atoms. The number of hydrogen-bond donors (Lipinski definition) is 2. The van der Waals surface area contributed by atoms with E-state index in [0.717, 1.165) is 11.1 Å². The maximum atomic E-state index is 12.2. The van der Waals surface area contributed by atoms with E-state index in [1.165, 1.54) is 29.2 Å². The fraction of sp³-hybridized carbons (Fsp3) is 0.280. The summed E-state index contributed by atoms with van der Waals surface area (Å²) in [6, 6.07) is 11.0. The largest absolute Gasteiger partial charge is 0.493 e. The third-order valence-corrected chi connectivity index (χ3v) is 6.95. The summed E-state index contributed by atoms with van der Waals surface area (Å²) >= 11 is 2.45. The van der Waals surface area contributed by atoms with Crippen LogP contribution < -0.4 is 29.6 Å². The van der Waals surface area contributed by atoms with Crippen molar-refractivity contribution >= 4 is 46.1 Å². The van der Waals surface area contributed by atoms with Crippen LogP contribution in [0.15, 0.2) is 46.8 Å². The van der Waals surface area contributed by atoms with Crippen LogP contribution in [0.3, 0.4) is 0 Å². The number of carbonyl (C=O) groups is 2. The minimum atomic E-state index is -0.351. The molecule has 0 atom stereocenters. The van der Waals surface area contributed by atoms with E-state index in [4.69, 9.17) is 18.9 Å². The lowest BCUT2D eigenvalue weighted by Crippen LogP contribution is -2.27. The minimum Gasteiger partial charge on any atom is -0.493 e. The Morgan fingerprint density at radius 1 is 0.919 bits per heavy atom. The predicted octanol–water partition coefficient (Wildman–Crippen LogP) is 3.68. The highest BCUT2D eigenvalue weighted by Gasteiger charge is 2.10. The van der Waals surface area contributed by atoms with E-state index in [1.54, 1.807) is 46.6 Å². The third-order valence-electron chi connectivity index (χ3n) is 4.98. The van der Waals surface area contributed by atoms with Crippen LogP contribution in [0.2, 0.25) is 0 Å². The fourth-order valence-electron chi connectivity index (χ4n) is 3.15. The Kier molecular flexibility index (Phi) is 10.6. The first-order chi connectivity index (χ1) is 17.9. The first-order valence-electron chi connectivity index (χ1n) is 11.1. The number of thioether (sulfide) groups is 1. The zero-order valence-corrected chi connectivity index (χ0v) is 22.5. The van der Waals surface area contributed by atoms with Crippen molar-refractivity contribution in [1.29, 1.82) is 0 Å². The molecule has 12 heteroatoms. The molecule has 196 valence electrons. The van der Waals surface area contributed by atoms with Gasteiger partial charge in [0.25, 0.3) is 0 Å². The molecule has 3 rings (SSSR count). The smallest absolute Gasteiger partial charge is 0.250 e. The van der Waals surface area contributed by atoms with Gasteiger partial charge in [-0.1, -0.05) is 35.2 Å². The summed E-state index contributed by atoms with van der Waals surface area (Å²) in [5.41, 5.74) is 1.80. The Balaban J connectivity index is 1.41. The lowest BCUT2D eigenvalue weighted by atomic mass is 10.1. The van der Waals surface area contributed by atoms with Gasteiger partial charge in [0.05, 0.1) is 34.2 Å². The van der Waals surface area contributed by atoms with Crippen molar-refractivity contribution in [2.24, 2.45) is 0 Å². The van der Waals surface area contributed by atoms with Gasteiger partial charge in [-0.25, -0.2) is 0 Å². The highest BCUT2D eigenvalue weighted by molar-refractivity contribution is 8.01. The van der Waals surface area contributed by atoms with Gasteiger partial charge in [0.15, 0.2) is 27.3 Å². The molecular formula is C25H28N4O6S2. The summed E-state index contributed by atoms with van der Waals surface area (Å²) in [7, 11) is 6.28. The average molecular weight is 545 g/mol. The van der Waals surface area contributed by atoms with Gasteiger partial charge >= 0.3 is 0 Å². The van der Waals surface area contributed by atoms with Gasteiger partial charge in [0.2, 0.25) is 16.9 Å². The number of nitrogens with one attached hydrogen (secondary N) is 2. The molecule has 0 fully saturated rings. The molecule has 0 bridgehead atoms. The topological polar surface area (TPSA) is 121 Å². The van der Waals surface area contributed by atoms with Gasteiger partial charge in [-0.05, 0) is 47.9 Å². The van der Waals surface area contributed by atoms with E-state index in [0.29, 0.717) is 45.4 Å². The third kappa shape index (κ3) is 8.40. The normalized spacial score (nSPS) is 10.7. The zero-order chi connectivity index (χ0) is 26.6. The molecule has 0 aliphatic carbocycles. The quantitative estimate of drug-likeness (QED) is 0.189. The van der Waals surface area contributed by atoms with Crippen molar-refractivity contribution in [3.05, 3.63) is 53.6 Å². The first kappa shape index (κ1) is 27.8. The van der Waals surface area contributed by atoms with E-state index in [9.17, 15) is 9.59 Å². The zero-order valence-electron chi connectivity index (χ0n) is 20.9. The monoisotopic (exact) mass is 544 g/mol. The van der Waals surface area contributed by atoms with Crippen molar-refractivity contribution in [2.75, 3.05) is 46.1 Å². The number of benzene rings is 2. The number of amides is 2. The Morgan fingerprint density at radius 3 is 2.30 bits per heavy atom. The van der Waals surface area contributed by atoms with Gasteiger partial charge < -0.3 is 24.3 Å². The van der Waals surface area contributed by atoms with E-state index in [-0.39, 0.29) is 17.6 Å². The van der Waals surface area contributed by atoms with E-state index < -0.39 is 0 Å². The minimum absolute atomic E-state index is 0.121. The summed E-state index contributed by atoms with van der Waals surface area (Å²) < 4.78 is 21.6. The van der Waals surface area contributed by atoms with Gasteiger partial charge in [-0.3, -0.25) is 14.9 Å². The molecule has 0 unspecified atom stereocenters. The summed E-state index contributed by atoms with van der Waals surface area (Å²) in [6.45, 7) is 0.485. The van der Waals surface area contributed by atoms with Crippen LogP contribution >= 0.6 is 23.1 Å². The van der Waals surface area contributed by atoms with Gasteiger partial charge in [0.1, 0.15) is 0 Å². The second kappa shape index (κ2) is 14.1. The molecule has 0 saturated heterocycles. The van der Waals surface area contributed by atoms with Crippen LogP contribution in [-0.2, 0) is 16.0 Å². The van der Waals surface area contributed by atoms with Crippen LogP contribution in [0.25, 0.3) is 6.08 Å². The van der Waals surface area contributed by atoms with Crippen molar-refractivity contribution in [1.82, 2.24) is 15.5 Å². The molecule has 0 spiro atoms. The van der Waals surface area contributed by atoms with Crippen molar-refractivity contribution in [2.45, 2.75) is 10.8 Å². The maximum Gasteiger partial charge on any atom is 0.250 e. The second-order valence-corrected chi connectivity index (χ2v) is 9.59. The van der Waals surface area contributed by atoms with E-state index in [2.05, 4.69) is 20.8 Å². The number of aromatic nitrogens is 2. The summed E-state index contributed by atoms with van der Waals surface area (Å²) in [6.07, 6.45) is 3.70. The number of nitrogens with zero attached hydrogens (tertiary/aromatic N) is 2. The SMILES string of the molecule is COc1ccc(/C=C/C(=O)Nc2nnc(SCC(=O)NCCc3ccc(OC)c(OC)c3)s2)cc1OC. The Morgan fingerprint density at radius 2 is 1.59 bits per heavy atom. The molecule has 0 saturated carbocycles. The number of rotatable bonds is 13. The van der Waals surface area contributed by atoms with Gasteiger partial charge in [-0.15, -0.1) is 10.2 Å². The number of methoxy groups -OCH3 is 4. The Labute approximate surface area is 223 Å². The van der Waals surface area contributed by atoms with E-state index in [1.807, 2.05) is 24.3 Å². The van der Waals surface area contributed by atoms with Gasteiger partial charge in [-0.2, -0.15) is 0 Å². The van der Waals surface area contributed by atoms with Crippen LogP contribution in [0.5, 0.6) is 23.0 Å². The lowest BCUT2D eigenvalue weighted by Gasteiger charge is -2.10. The summed E-state index contributed by atoms with van der Waals surface area (Å²) in [4.78, 5) is 24.5. The summed E-state index contributed by atoms with van der Waals surface area (Å²) in [5, 5.41) is 13.9. The highest BCUT2D eigenvalue weighted by Crippen LogP contribution is 2.29. The fourth-order valence-corrected chi connectivity index (χ4v) is 4.74. The molecule has 1 aromatic heterocycles. The number of anilines is 1. The molecule has 3 aromatic rings. The van der Waals surface area contributed by atoms with Crippen molar-refractivity contribution in [3.8, 4) is 23.0 Å². The first-order valence-corrected chi connectivity index (χ1v) is 12.9. The van der Waals surface area contributed by atoms with Crippen LogP contribution in [0.1, 0.15) is 11.1 Å². The van der Waals surface area contributed by atoms with Crippen LogP contribution in [0.4, 0.5) is 5.13 Å². The van der Waals surface area contributed by atoms with Crippen LogP contribution in [-0.4, -0.2) is 62.7 Å². The lowest BCUT2D eigenvalue weighted by molar-refractivity contribution is -0.118.